The zero-order valence-electron chi connectivity index (χ0n) is 16.1. The van der Waals surface area contributed by atoms with E-state index in [1.54, 1.807) is 0 Å². The fourth-order valence-electron chi connectivity index (χ4n) is 4.00. The highest BCUT2D eigenvalue weighted by Gasteiger charge is 2.30. The van der Waals surface area contributed by atoms with Crippen LogP contribution >= 0.6 is 0 Å². The molecule has 0 aromatic heterocycles. The average molecular weight is 343 g/mol. The Morgan fingerprint density at radius 1 is 1.12 bits per heavy atom. The maximum Gasteiger partial charge on any atom is 0.123 e. The third-order valence-corrected chi connectivity index (χ3v) is 5.48. The van der Waals surface area contributed by atoms with E-state index in [0.717, 1.165) is 36.8 Å². The van der Waals surface area contributed by atoms with E-state index in [4.69, 9.17) is 0 Å². The second-order valence-corrected chi connectivity index (χ2v) is 7.74. The second-order valence-electron chi connectivity index (χ2n) is 7.74. The Bertz CT molecular complexity index is 604. The highest BCUT2D eigenvalue weighted by molar-refractivity contribution is 5.51. The van der Waals surface area contributed by atoms with Crippen LogP contribution in [0.2, 0.25) is 0 Å². The van der Waals surface area contributed by atoms with Gasteiger partial charge in [0.25, 0.3) is 0 Å². The normalized spacial score (nSPS) is 20.4. The number of hydrogen-bond donors (Lipinski definition) is 2. The molecule has 2 N–H and O–H groups in total. The van der Waals surface area contributed by atoms with Gasteiger partial charge >= 0.3 is 0 Å². The standard InChI is InChI=1S/C23H34O2/c1-5-6-7-8-9-10-18-14-21(24)23(22(25)15-18)20-13-17(4)11-12-19(20)16(2)3/h13-15,19-20,24-25H,2,5-12H2,1,3-4H3/t19?,20-/m1/s1. The van der Waals surface area contributed by atoms with Crippen LogP contribution in [0.4, 0.5) is 0 Å². The first kappa shape index (κ1) is 19.6. The number of unbranched alkanes of at least 4 members (excludes halogenated alkanes) is 4. The van der Waals surface area contributed by atoms with E-state index in [1.165, 1.54) is 31.3 Å². The van der Waals surface area contributed by atoms with Crippen molar-refractivity contribution in [1.82, 2.24) is 0 Å². The Morgan fingerprint density at radius 2 is 1.76 bits per heavy atom. The molecule has 1 aliphatic carbocycles. The number of aryl methyl sites for hydroxylation is 1. The van der Waals surface area contributed by atoms with Crippen LogP contribution < -0.4 is 0 Å². The fraction of sp³-hybridized carbons (Fsp3) is 0.565. The number of rotatable bonds is 8. The molecule has 0 bridgehead atoms. The minimum absolute atomic E-state index is 0.0184. The van der Waals surface area contributed by atoms with Crippen molar-refractivity contribution in [3.63, 3.8) is 0 Å². The molecule has 2 atom stereocenters. The minimum atomic E-state index is 0.0184. The monoisotopic (exact) mass is 342 g/mol. The smallest absolute Gasteiger partial charge is 0.123 e. The maximum absolute atomic E-state index is 10.6. The van der Waals surface area contributed by atoms with E-state index in [-0.39, 0.29) is 23.3 Å². The van der Waals surface area contributed by atoms with Gasteiger partial charge in [0.1, 0.15) is 11.5 Å². The molecule has 1 unspecified atom stereocenters. The predicted octanol–water partition coefficient (Wildman–Crippen LogP) is 6.63. The lowest BCUT2D eigenvalue weighted by Crippen LogP contribution is -2.17. The van der Waals surface area contributed by atoms with Gasteiger partial charge in [-0.25, -0.2) is 0 Å². The van der Waals surface area contributed by atoms with Crippen LogP contribution in [-0.4, -0.2) is 10.2 Å². The Hall–Kier alpha value is -1.70. The Labute approximate surface area is 153 Å². The van der Waals surface area contributed by atoms with Crippen molar-refractivity contribution in [2.75, 3.05) is 0 Å². The molecule has 1 aliphatic rings. The van der Waals surface area contributed by atoms with Gasteiger partial charge in [-0.15, -0.1) is 0 Å². The first-order chi connectivity index (χ1) is 11.9. The summed E-state index contributed by atoms with van der Waals surface area (Å²) in [6.45, 7) is 10.5. The van der Waals surface area contributed by atoms with Gasteiger partial charge in [-0.1, -0.05) is 56.4 Å². The quantitative estimate of drug-likeness (QED) is 0.411. The third-order valence-electron chi connectivity index (χ3n) is 5.48. The van der Waals surface area contributed by atoms with Gasteiger partial charge in [0.15, 0.2) is 0 Å². The topological polar surface area (TPSA) is 40.5 Å². The molecule has 0 amide bonds. The molecule has 138 valence electrons. The predicted molar refractivity (Wildman–Crippen MR) is 106 cm³/mol. The molecule has 0 heterocycles. The summed E-state index contributed by atoms with van der Waals surface area (Å²) < 4.78 is 0. The molecule has 0 aliphatic heterocycles. The van der Waals surface area contributed by atoms with Crippen LogP contribution in [0.25, 0.3) is 0 Å². The number of benzene rings is 1. The summed E-state index contributed by atoms with van der Waals surface area (Å²) in [7, 11) is 0. The Morgan fingerprint density at radius 3 is 2.36 bits per heavy atom. The molecular weight excluding hydrogens is 308 g/mol. The third kappa shape index (κ3) is 5.14. The number of phenolic OH excluding ortho intramolecular Hbond substituents is 2. The summed E-state index contributed by atoms with van der Waals surface area (Å²) in [6, 6.07) is 3.70. The van der Waals surface area contributed by atoms with Gasteiger partial charge in [-0.05, 0) is 63.1 Å². The van der Waals surface area contributed by atoms with Crippen molar-refractivity contribution in [1.29, 1.82) is 0 Å². The van der Waals surface area contributed by atoms with Gasteiger partial charge in [0.2, 0.25) is 0 Å². The van der Waals surface area contributed by atoms with Crippen molar-refractivity contribution in [2.24, 2.45) is 5.92 Å². The lowest BCUT2D eigenvalue weighted by molar-refractivity contribution is 0.406. The number of aromatic hydroxyl groups is 2. The summed E-state index contributed by atoms with van der Waals surface area (Å²) in [4.78, 5) is 0. The van der Waals surface area contributed by atoms with E-state index >= 15 is 0 Å². The van der Waals surface area contributed by atoms with Crippen LogP contribution in [0.1, 0.15) is 82.8 Å². The van der Waals surface area contributed by atoms with Crippen LogP contribution in [-0.2, 0) is 6.42 Å². The van der Waals surface area contributed by atoms with Crippen molar-refractivity contribution in [3.8, 4) is 11.5 Å². The average Bonchev–Trinajstić information content (AvgIpc) is 2.54. The molecule has 0 fully saturated rings. The highest BCUT2D eigenvalue weighted by Crippen LogP contribution is 2.46. The van der Waals surface area contributed by atoms with Crippen LogP contribution in [0.5, 0.6) is 11.5 Å². The lowest BCUT2D eigenvalue weighted by atomic mass is 9.73. The van der Waals surface area contributed by atoms with Crippen molar-refractivity contribution in [2.45, 2.75) is 78.1 Å². The Kier molecular flexibility index (Phi) is 7.16. The van der Waals surface area contributed by atoms with E-state index in [9.17, 15) is 10.2 Å². The number of phenols is 2. The molecule has 2 rings (SSSR count). The van der Waals surface area contributed by atoms with Gasteiger partial charge < -0.3 is 10.2 Å². The molecule has 25 heavy (non-hydrogen) atoms. The zero-order valence-corrected chi connectivity index (χ0v) is 16.1. The summed E-state index contributed by atoms with van der Waals surface area (Å²) in [6.07, 6.45) is 11.3. The molecule has 1 aromatic rings. The molecular formula is C23H34O2. The van der Waals surface area contributed by atoms with E-state index in [2.05, 4.69) is 26.5 Å². The Balaban J connectivity index is 2.18. The molecule has 0 spiro atoms. The van der Waals surface area contributed by atoms with Crippen LogP contribution in [0.3, 0.4) is 0 Å². The van der Waals surface area contributed by atoms with Crippen LogP contribution in [0.15, 0.2) is 35.9 Å². The van der Waals surface area contributed by atoms with Crippen molar-refractivity contribution in [3.05, 3.63) is 47.1 Å². The highest BCUT2D eigenvalue weighted by atomic mass is 16.3. The fourth-order valence-corrected chi connectivity index (χ4v) is 4.00. The summed E-state index contributed by atoms with van der Waals surface area (Å²) >= 11 is 0. The van der Waals surface area contributed by atoms with E-state index in [0.29, 0.717) is 5.56 Å². The zero-order chi connectivity index (χ0) is 18.4. The largest absolute Gasteiger partial charge is 0.507 e. The number of hydrogen-bond acceptors (Lipinski definition) is 2. The summed E-state index contributed by atoms with van der Waals surface area (Å²) in [5.41, 5.74) is 4.13. The lowest BCUT2D eigenvalue weighted by Gasteiger charge is -2.31. The van der Waals surface area contributed by atoms with E-state index < -0.39 is 0 Å². The first-order valence-corrected chi connectivity index (χ1v) is 9.81. The van der Waals surface area contributed by atoms with Crippen LogP contribution in [0, 0.1) is 5.92 Å². The number of allylic oxidation sites excluding steroid dienone is 3. The van der Waals surface area contributed by atoms with E-state index in [1.807, 2.05) is 19.1 Å². The molecule has 0 radical (unpaired) electrons. The van der Waals surface area contributed by atoms with Crippen molar-refractivity contribution < 1.29 is 10.2 Å². The summed E-state index contributed by atoms with van der Waals surface area (Å²) in [5.74, 6) is 0.752. The van der Waals surface area contributed by atoms with Crippen molar-refractivity contribution >= 4 is 0 Å². The second kappa shape index (κ2) is 9.12. The molecule has 0 saturated carbocycles. The summed E-state index contributed by atoms with van der Waals surface area (Å²) in [5, 5.41) is 21.3. The van der Waals surface area contributed by atoms with Gasteiger partial charge in [-0.3, -0.25) is 0 Å². The molecule has 2 heteroatoms. The van der Waals surface area contributed by atoms with Gasteiger partial charge in [-0.2, -0.15) is 0 Å². The maximum atomic E-state index is 10.6. The molecule has 2 nitrogen and oxygen atoms in total. The molecule has 1 aromatic carbocycles. The SMILES string of the molecule is C=C(C)C1CCC(C)=C[C@H]1c1c(O)cc(CCCCCCC)cc1O. The molecule has 0 saturated heterocycles. The van der Waals surface area contributed by atoms with Gasteiger partial charge in [0, 0.05) is 11.5 Å². The minimum Gasteiger partial charge on any atom is -0.507 e. The van der Waals surface area contributed by atoms with Gasteiger partial charge in [0.05, 0.1) is 0 Å². The first-order valence-electron chi connectivity index (χ1n) is 9.81.